The van der Waals surface area contributed by atoms with Crippen LogP contribution in [0.3, 0.4) is 0 Å². The van der Waals surface area contributed by atoms with Gasteiger partial charge in [0.15, 0.2) is 0 Å². The van der Waals surface area contributed by atoms with Crippen LogP contribution in [0.1, 0.15) is 24.4 Å². The number of hydrogen-bond donors (Lipinski definition) is 1. The van der Waals surface area contributed by atoms with Crippen molar-refractivity contribution in [2.75, 3.05) is 6.54 Å². The fourth-order valence-electron chi connectivity index (χ4n) is 2.37. The van der Waals surface area contributed by atoms with Crippen LogP contribution < -0.4 is 5.32 Å². The van der Waals surface area contributed by atoms with Gasteiger partial charge in [-0.1, -0.05) is 0 Å². The van der Waals surface area contributed by atoms with Crippen molar-refractivity contribution in [3.05, 3.63) is 29.6 Å². The van der Waals surface area contributed by atoms with E-state index in [0.29, 0.717) is 6.04 Å². The number of aromatic nitrogens is 2. The lowest BCUT2D eigenvalue weighted by molar-refractivity contribution is 0.437. The van der Waals surface area contributed by atoms with E-state index in [1.54, 1.807) is 0 Å². The molecule has 15 heavy (non-hydrogen) atoms. The molecule has 1 atom stereocenters. The second-order valence-corrected chi connectivity index (χ2v) is 4.35. The highest BCUT2D eigenvalue weighted by Gasteiger charge is 2.18. The second kappa shape index (κ2) is 3.07. The van der Waals surface area contributed by atoms with Gasteiger partial charge in [0.05, 0.1) is 0 Å². The Balaban J connectivity index is 2.33. The third-order valence-corrected chi connectivity index (χ3v) is 3.09. The third-order valence-electron chi connectivity index (χ3n) is 3.09. The molecule has 0 amide bonds. The minimum absolute atomic E-state index is 0.501. The zero-order valence-electron chi connectivity index (χ0n) is 9.12. The first kappa shape index (κ1) is 8.92. The van der Waals surface area contributed by atoms with Crippen molar-refractivity contribution in [3.63, 3.8) is 0 Å². The summed E-state index contributed by atoms with van der Waals surface area (Å²) in [6, 6.07) is 6.98. The van der Waals surface area contributed by atoms with Crippen molar-refractivity contribution in [2.45, 2.75) is 26.4 Å². The number of hydrogen-bond acceptors (Lipinski definition) is 2. The molecule has 0 unspecified atom stereocenters. The zero-order chi connectivity index (χ0) is 10.4. The summed E-state index contributed by atoms with van der Waals surface area (Å²) in [5.74, 6) is 0. The minimum Gasteiger partial charge on any atom is -0.324 e. The molecule has 3 rings (SSSR count). The van der Waals surface area contributed by atoms with Crippen LogP contribution in [-0.2, 0) is 6.54 Å². The molecule has 0 saturated heterocycles. The molecule has 0 saturated carbocycles. The zero-order valence-corrected chi connectivity index (χ0v) is 9.12. The number of aryl methyl sites for hydroxylation is 1. The fraction of sp³-hybridized carbons (Fsp3) is 0.417. The molecule has 2 aromatic heterocycles. The number of pyridine rings is 1. The highest BCUT2D eigenvalue weighted by Crippen LogP contribution is 2.25. The van der Waals surface area contributed by atoms with Gasteiger partial charge < -0.3 is 9.88 Å². The standard InChI is InChI=1S/C12H15N3/c1-8-3-4-10-5-11-7-13-6-9(2)15(11)12(10)14-8/h3-5,9,13H,6-7H2,1-2H3/t9-/m1/s1. The Hall–Kier alpha value is -1.35. The number of nitrogens with zero attached hydrogens (tertiary/aromatic N) is 2. The highest BCUT2D eigenvalue weighted by molar-refractivity contribution is 5.78. The Kier molecular flexibility index (Phi) is 1.83. The molecule has 0 radical (unpaired) electrons. The van der Waals surface area contributed by atoms with Crippen LogP contribution in [-0.4, -0.2) is 16.1 Å². The van der Waals surface area contributed by atoms with Gasteiger partial charge in [-0.2, -0.15) is 0 Å². The molecule has 0 fully saturated rings. The van der Waals surface area contributed by atoms with E-state index in [1.165, 1.54) is 11.1 Å². The molecule has 1 aliphatic rings. The van der Waals surface area contributed by atoms with Gasteiger partial charge >= 0.3 is 0 Å². The molecule has 3 nitrogen and oxygen atoms in total. The Bertz CT molecular complexity index is 513. The summed E-state index contributed by atoms with van der Waals surface area (Å²) < 4.78 is 2.36. The largest absolute Gasteiger partial charge is 0.324 e. The number of rotatable bonds is 0. The number of fused-ring (bicyclic) bond motifs is 3. The van der Waals surface area contributed by atoms with E-state index in [4.69, 9.17) is 0 Å². The number of nitrogens with one attached hydrogen (secondary N) is 1. The maximum absolute atomic E-state index is 4.63. The average Bonchev–Trinajstić information content (AvgIpc) is 2.57. The molecule has 3 heterocycles. The topological polar surface area (TPSA) is 29.9 Å². The van der Waals surface area contributed by atoms with Gasteiger partial charge in [0.2, 0.25) is 0 Å². The van der Waals surface area contributed by atoms with Gasteiger partial charge in [-0.25, -0.2) is 4.98 Å². The van der Waals surface area contributed by atoms with Crippen LogP contribution in [0.5, 0.6) is 0 Å². The third kappa shape index (κ3) is 1.27. The van der Waals surface area contributed by atoms with Crippen molar-refractivity contribution in [3.8, 4) is 0 Å². The normalized spacial score (nSPS) is 20.5. The summed E-state index contributed by atoms with van der Waals surface area (Å²) in [4.78, 5) is 4.63. The van der Waals surface area contributed by atoms with Gasteiger partial charge in [0, 0.05) is 35.9 Å². The maximum atomic E-state index is 4.63. The molecule has 2 aromatic rings. The summed E-state index contributed by atoms with van der Waals surface area (Å²) >= 11 is 0. The summed E-state index contributed by atoms with van der Waals surface area (Å²) in [7, 11) is 0. The van der Waals surface area contributed by atoms with Gasteiger partial charge in [0.1, 0.15) is 5.65 Å². The van der Waals surface area contributed by atoms with Crippen LogP contribution in [0, 0.1) is 6.92 Å². The van der Waals surface area contributed by atoms with E-state index >= 15 is 0 Å². The van der Waals surface area contributed by atoms with Crippen LogP contribution in [0.15, 0.2) is 18.2 Å². The Labute approximate surface area is 89.1 Å². The molecule has 78 valence electrons. The van der Waals surface area contributed by atoms with Gasteiger partial charge in [-0.3, -0.25) is 0 Å². The molecular formula is C12H15N3. The van der Waals surface area contributed by atoms with E-state index in [9.17, 15) is 0 Å². The quantitative estimate of drug-likeness (QED) is 0.706. The van der Waals surface area contributed by atoms with Gasteiger partial charge in [0.25, 0.3) is 0 Å². The van der Waals surface area contributed by atoms with Gasteiger partial charge in [-0.05, 0) is 32.0 Å². The smallest absolute Gasteiger partial charge is 0.140 e. The molecule has 1 N–H and O–H groups in total. The lowest BCUT2D eigenvalue weighted by atomic mass is 10.2. The molecule has 3 heteroatoms. The first-order valence-electron chi connectivity index (χ1n) is 5.44. The van der Waals surface area contributed by atoms with Gasteiger partial charge in [-0.15, -0.1) is 0 Å². The maximum Gasteiger partial charge on any atom is 0.140 e. The van der Waals surface area contributed by atoms with Crippen LogP contribution >= 0.6 is 0 Å². The average molecular weight is 201 g/mol. The van der Waals surface area contributed by atoms with Crippen molar-refractivity contribution < 1.29 is 0 Å². The summed E-state index contributed by atoms with van der Waals surface area (Å²) in [6.07, 6.45) is 0. The molecule has 0 spiro atoms. The summed E-state index contributed by atoms with van der Waals surface area (Å²) in [6.45, 7) is 6.27. The lowest BCUT2D eigenvalue weighted by Crippen LogP contribution is -2.31. The Morgan fingerprint density at radius 2 is 2.33 bits per heavy atom. The van der Waals surface area contributed by atoms with Crippen molar-refractivity contribution in [1.82, 2.24) is 14.9 Å². The molecule has 0 bridgehead atoms. The van der Waals surface area contributed by atoms with E-state index in [0.717, 1.165) is 24.4 Å². The lowest BCUT2D eigenvalue weighted by Gasteiger charge is -2.24. The summed E-state index contributed by atoms with van der Waals surface area (Å²) in [5, 5.41) is 4.67. The Morgan fingerprint density at radius 1 is 1.47 bits per heavy atom. The predicted octanol–water partition coefficient (Wildman–Crippen LogP) is 2.01. The Morgan fingerprint density at radius 3 is 3.20 bits per heavy atom. The second-order valence-electron chi connectivity index (χ2n) is 4.35. The fourth-order valence-corrected chi connectivity index (χ4v) is 2.37. The van der Waals surface area contributed by atoms with Crippen molar-refractivity contribution in [1.29, 1.82) is 0 Å². The highest BCUT2D eigenvalue weighted by atomic mass is 15.1. The van der Waals surface area contributed by atoms with Crippen molar-refractivity contribution in [2.24, 2.45) is 0 Å². The van der Waals surface area contributed by atoms with E-state index in [-0.39, 0.29) is 0 Å². The minimum atomic E-state index is 0.501. The SMILES string of the molecule is Cc1ccc2cc3n(c2n1)[C@H](C)CNC3. The van der Waals surface area contributed by atoms with E-state index in [2.05, 4.69) is 40.0 Å². The predicted molar refractivity (Wildman–Crippen MR) is 60.9 cm³/mol. The molecule has 0 aromatic carbocycles. The van der Waals surface area contributed by atoms with E-state index in [1.807, 2.05) is 6.92 Å². The van der Waals surface area contributed by atoms with E-state index < -0.39 is 0 Å². The van der Waals surface area contributed by atoms with Crippen LogP contribution in [0.25, 0.3) is 11.0 Å². The van der Waals surface area contributed by atoms with Crippen LogP contribution in [0.2, 0.25) is 0 Å². The monoisotopic (exact) mass is 201 g/mol. The molecule has 0 aliphatic carbocycles. The van der Waals surface area contributed by atoms with Crippen LogP contribution in [0.4, 0.5) is 0 Å². The first-order chi connectivity index (χ1) is 7.25. The molecular weight excluding hydrogens is 186 g/mol. The first-order valence-corrected chi connectivity index (χ1v) is 5.44. The summed E-state index contributed by atoms with van der Waals surface area (Å²) in [5.41, 5.74) is 3.58. The van der Waals surface area contributed by atoms with Crippen molar-refractivity contribution >= 4 is 11.0 Å². The molecule has 1 aliphatic heterocycles.